The Morgan fingerprint density at radius 1 is 1.28 bits per heavy atom. The molecule has 0 saturated heterocycles. The summed E-state index contributed by atoms with van der Waals surface area (Å²) >= 11 is 3.27. The Labute approximate surface area is 114 Å². The first-order valence-corrected chi connectivity index (χ1v) is 6.18. The molecule has 6 heteroatoms. The number of rotatable bonds is 5. The summed E-state index contributed by atoms with van der Waals surface area (Å²) in [6, 6.07) is 5.22. The Hall–Kier alpha value is -0.950. The van der Waals surface area contributed by atoms with Crippen molar-refractivity contribution in [3.05, 3.63) is 33.8 Å². The molecule has 0 fully saturated rings. The molecule has 0 aromatic heterocycles. The van der Waals surface area contributed by atoms with Gasteiger partial charge in [0.2, 0.25) is 0 Å². The molecule has 0 aliphatic heterocycles. The molecule has 0 unspecified atom stereocenters. The first-order valence-electron chi connectivity index (χ1n) is 5.39. The lowest BCUT2D eigenvalue weighted by molar-refractivity contribution is 0.0375. The third kappa shape index (κ3) is 3.29. The van der Waals surface area contributed by atoms with Gasteiger partial charge in [-0.2, -0.15) is 0 Å². The van der Waals surface area contributed by atoms with E-state index in [9.17, 15) is 4.79 Å². The van der Waals surface area contributed by atoms with Crippen LogP contribution in [0.3, 0.4) is 0 Å². The molecular weight excluding hydrogens is 302 g/mol. The molecule has 0 aliphatic rings. The summed E-state index contributed by atoms with van der Waals surface area (Å²) in [4.78, 5) is 12.0. The number of aryl methyl sites for hydroxylation is 1. The van der Waals surface area contributed by atoms with Crippen LogP contribution in [0.5, 0.6) is 0 Å². The highest BCUT2D eigenvalue weighted by Gasteiger charge is 2.30. The van der Waals surface area contributed by atoms with Crippen molar-refractivity contribution in [2.75, 3.05) is 19.8 Å². The van der Waals surface area contributed by atoms with E-state index < -0.39 is 31.3 Å². The van der Waals surface area contributed by atoms with E-state index in [2.05, 4.69) is 21.2 Å². The SMILES string of the molecule is Cc1ccc(Br)cc1C(=O)NC(CO)(CO)CO. The van der Waals surface area contributed by atoms with E-state index in [-0.39, 0.29) is 0 Å². The van der Waals surface area contributed by atoms with Crippen molar-refractivity contribution in [3.8, 4) is 0 Å². The lowest BCUT2D eigenvalue weighted by Crippen LogP contribution is -2.57. The second kappa shape index (κ2) is 6.29. The van der Waals surface area contributed by atoms with Gasteiger partial charge in [-0.3, -0.25) is 4.79 Å². The number of nitrogens with one attached hydrogen (secondary N) is 1. The molecule has 1 aromatic carbocycles. The summed E-state index contributed by atoms with van der Waals surface area (Å²) in [5, 5.41) is 29.9. The Morgan fingerprint density at radius 3 is 2.33 bits per heavy atom. The standard InChI is InChI=1S/C12H16BrNO4/c1-8-2-3-9(13)4-10(8)11(18)14-12(5-15,6-16)7-17/h2-4,15-17H,5-7H2,1H3,(H,14,18). The highest BCUT2D eigenvalue weighted by atomic mass is 79.9. The highest BCUT2D eigenvalue weighted by molar-refractivity contribution is 9.10. The monoisotopic (exact) mass is 317 g/mol. The summed E-state index contributed by atoms with van der Waals surface area (Å²) in [5.74, 6) is -0.453. The average molecular weight is 318 g/mol. The summed E-state index contributed by atoms with van der Waals surface area (Å²) in [7, 11) is 0. The molecule has 100 valence electrons. The smallest absolute Gasteiger partial charge is 0.252 e. The summed E-state index contributed by atoms with van der Waals surface area (Å²) in [5.41, 5.74) is -0.228. The summed E-state index contributed by atoms with van der Waals surface area (Å²) in [6.07, 6.45) is 0. The second-order valence-electron chi connectivity index (χ2n) is 4.17. The lowest BCUT2D eigenvalue weighted by Gasteiger charge is -2.28. The van der Waals surface area contributed by atoms with Gasteiger partial charge in [0.05, 0.1) is 19.8 Å². The Balaban J connectivity index is 2.97. The van der Waals surface area contributed by atoms with E-state index in [0.29, 0.717) is 5.56 Å². The maximum absolute atomic E-state index is 12.0. The molecule has 4 N–H and O–H groups in total. The van der Waals surface area contributed by atoms with Gasteiger partial charge in [-0.25, -0.2) is 0 Å². The van der Waals surface area contributed by atoms with Crippen molar-refractivity contribution >= 4 is 21.8 Å². The molecule has 0 bridgehead atoms. The molecule has 0 atom stereocenters. The van der Waals surface area contributed by atoms with Crippen LogP contribution in [-0.2, 0) is 0 Å². The zero-order chi connectivity index (χ0) is 13.8. The fourth-order valence-corrected chi connectivity index (χ4v) is 1.78. The lowest BCUT2D eigenvalue weighted by atomic mass is 10.0. The molecule has 1 amide bonds. The Kier molecular flexibility index (Phi) is 5.28. The quantitative estimate of drug-likeness (QED) is 0.624. The number of hydrogen-bond donors (Lipinski definition) is 4. The van der Waals surface area contributed by atoms with Crippen LogP contribution in [0.2, 0.25) is 0 Å². The highest BCUT2D eigenvalue weighted by Crippen LogP contribution is 2.17. The van der Waals surface area contributed by atoms with E-state index in [1.807, 2.05) is 6.07 Å². The van der Waals surface area contributed by atoms with Crippen LogP contribution in [0.1, 0.15) is 15.9 Å². The molecule has 0 radical (unpaired) electrons. The third-order valence-electron chi connectivity index (χ3n) is 2.73. The number of carbonyl (C=O) groups excluding carboxylic acids is 1. The number of carbonyl (C=O) groups is 1. The zero-order valence-electron chi connectivity index (χ0n) is 9.98. The third-order valence-corrected chi connectivity index (χ3v) is 3.22. The van der Waals surface area contributed by atoms with E-state index in [4.69, 9.17) is 15.3 Å². The van der Waals surface area contributed by atoms with Gasteiger partial charge in [0, 0.05) is 10.0 Å². The van der Waals surface area contributed by atoms with Crippen molar-refractivity contribution in [2.24, 2.45) is 0 Å². The molecule has 1 rings (SSSR count). The van der Waals surface area contributed by atoms with Gasteiger partial charge in [-0.1, -0.05) is 22.0 Å². The van der Waals surface area contributed by atoms with Crippen LogP contribution in [0.15, 0.2) is 22.7 Å². The zero-order valence-corrected chi connectivity index (χ0v) is 11.6. The minimum atomic E-state index is -1.41. The molecule has 18 heavy (non-hydrogen) atoms. The average Bonchev–Trinajstić information content (AvgIpc) is 2.38. The van der Waals surface area contributed by atoms with Gasteiger partial charge in [-0.15, -0.1) is 0 Å². The fourth-order valence-electron chi connectivity index (χ4n) is 1.42. The van der Waals surface area contributed by atoms with Gasteiger partial charge in [0.1, 0.15) is 5.54 Å². The molecule has 0 aliphatic carbocycles. The van der Waals surface area contributed by atoms with Crippen molar-refractivity contribution in [2.45, 2.75) is 12.5 Å². The second-order valence-corrected chi connectivity index (χ2v) is 5.08. The van der Waals surface area contributed by atoms with E-state index in [1.165, 1.54) is 0 Å². The first-order chi connectivity index (χ1) is 8.48. The van der Waals surface area contributed by atoms with Gasteiger partial charge < -0.3 is 20.6 Å². The van der Waals surface area contributed by atoms with Crippen molar-refractivity contribution < 1.29 is 20.1 Å². The van der Waals surface area contributed by atoms with E-state index in [0.717, 1.165) is 10.0 Å². The minimum Gasteiger partial charge on any atom is -0.394 e. The van der Waals surface area contributed by atoms with Crippen LogP contribution in [0.4, 0.5) is 0 Å². The van der Waals surface area contributed by atoms with Crippen LogP contribution in [0, 0.1) is 6.92 Å². The maximum atomic E-state index is 12.0. The summed E-state index contributed by atoms with van der Waals surface area (Å²) < 4.78 is 0.751. The van der Waals surface area contributed by atoms with Crippen LogP contribution in [0.25, 0.3) is 0 Å². The number of halogens is 1. The van der Waals surface area contributed by atoms with Crippen molar-refractivity contribution in [1.82, 2.24) is 5.32 Å². The number of aliphatic hydroxyl groups excluding tert-OH is 3. The molecule has 1 aromatic rings. The van der Waals surface area contributed by atoms with Gasteiger partial charge in [-0.05, 0) is 24.6 Å². The topological polar surface area (TPSA) is 89.8 Å². The molecule has 0 heterocycles. The van der Waals surface area contributed by atoms with Crippen LogP contribution < -0.4 is 5.32 Å². The maximum Gasteiger partial charge on any atom is 0.252 e. The number of aliphatic hydroxyl groups is 3. The van der Waals surface area contributed by atoms with Crippen molar-refractivity contribution in [3.63, 3.8) is 0 Å². The predicted octanol–water partition coefficient (Wildman–Crippen LogP) is 0.203. The molecule has 5 nitrogen and oxygen atoms in total. The van der Waals surface area contributed by atoms with Crippen LogP contribution >= 0.6 is 15.9 Å². The number of amides is 1. The normalized spacial score (nSPS) is 11.4. The van der Waals surface area contributed by atoms with Gasteiger partial charge in [0.15, 0.2) is 0 Å². The first kappa shape index (κ1) is 15.1. The van der Waals surface area contributed by atoms with Crippen LogP contribution in [-0.4, -0.2) is 46.6 Å². The predicted molar refractivity (Wildman–Crippen MR) is 70.3 cm³/mol. The number of benzene rings is 1. The van der Waals surface area contributed by atoms with Gasteiger partial charge >= 0.3 is 0 Å². The fraction of sp³-hybridized carbons (Fsp3) is 0.417. The molecule has 0 saturated carbocycles. The minimum absolute atomic E-state index is 0.420. The van der Waals surface area contributed by atoms with E-state index >= 15 is 0 Å². The Bertz CT molecular complexity index is 424. The molecule has 0 spiro atoms. The molecular formula is C12H16BrNO4. The Morgan fingerprint density at radius 2 is 1.83 bits per heavy atom. The van der Waals surface area contributed by atoms with Gasteiger partial charge in [0.25, 0.3) is 5.91 Å². The van der Waals surface area contributed by atoms with E-state index in [1.54, 1.807) is 19.1 Å². The largest absolute Gasteiger partial charge is 0.394 e. The summed E-state index contributed by atoms with van der Waals surface area (Å²) in [6.45, 7) is 0.149. The number of hydrogen-bond acceptors (Lipinski definition) is 4. The van der Waals surface area contributed by atoms with Crippen molar-refractivity contribution in [1.29, 1.82) is 0 Å².